The van der Waals surface area contributed by atoms with E-state index in [-0.39, 0.29) is 35.0 Å². The molecule has 0 bridgehead atoms. The summed E-state index contributed by atoms with van der Waals surface area (Å²) >= 11 is 6.41. The normalized spacial score (nSPS) is 14.7. The van der Waals surface area contributed by atoms with Crippen LogP contribution in [0.3, 0.4) is 0 Å². The number of carboxylic acid groups (broad SMARTS) is 1. The lowest BCUT2D eigenvalue weighted by atomic mass is 10.1. The van der Waals surface area contributed by atoms with E-state index in [1.807, 2.05) is 6.92 Å². The Morgan fingerprint density at radius 1 is 1.11 bits per heavy atom. The molecule has 2 atom stereocenters. The van der Waals surface area contributed by atoms with Crippen LogP contribution in [0.4, 0.5) is 10.5 Å². The van der Waals surface area contributed by atoms with E-state index in [1.54, 1.807) is 24.3 Å². The van der Waals surface area contributed by atoms with Crippen molar-refractivity contribution < 1.29 is 38.1 Å². The number of amides is 3. The molecule has 2 aromatic carbocycles. The number of ether oxygens (including phenoxy) is 2. The van der Waals surface area contributed by atoms with E-state index in [0.29, 0.717) is 34.5 Å². The molecule has 0 spiro atoms. The molecule has 4 rings (SSSR count). The van der Waals surface area contributed by atoms with Gasteiger partial charge < -0.3 is 29.7 Å². The van der Waals surface area contributed by atoms with E-state index in [9.17, 15) is 24.1 Å². The van der Waals surface area contributed by atoms with Crippen LogP contribution in [0.1, 0.15) is 62.7 Å². The van der Waals surface area contributed by atoms with E-state index < -0.39 is 25.6 Å². The van der Waals surface area contributed by atoms with Gasteiger partial charge in [-0.1, -0.05) is 37.8 Å². The molecule has 0 saturated heterocycles. The standard InChI is InChI=1S/C30H37ClN5O8P/c1-4-5-6-7-14-43-45(41,35-18(2)29(38)39)36-28(37)22-16-21-25(17-27(22)42-3)32-13-12-26(21)44-20-10-11-24(23(31)15-20)34-30(40)33-19-8-9-19/h10-13,15-19H,4-9,14H2,1-3H3,(H,38,39)(H2,33,34,40)(H2,35,36,37,41). The third-order valence-corrected chi connectivity index (χ3v) is 8.93. The topological polar surface area (TPSA) is 177 Å². The van der Waals surface area contributed by atoms with Crippen molar-refractivity contribution in [3.8, 4) is 17.2 Å². The highest BCUT2D eigenvalue weighted by atomic mass is 35.5. The second-order valence-electron chi connectivity index (χ2n) is 10.6. The molecular weight excluding hydrogens is 625 g/mol. The molecular formula is C30H37ClN5O8P. The number of hydrogen-bond acceptors (Lipinski definition) is 8. The number of aromatic nitrogens is 1. The zero-order valence-electron chi connectivity index (χ0n) is 25.2. The number of unbranched alkanes of at least 4 members (excludes halogenated alkanes) is 3. The monoisotopic (exact) mass is 661 g/mol. The summed E-state index contributed by atoms with van der Waals surface area (Å²) in [5.41, 5.74) is 0.838. The Bertz CT molecular complexity index is 1600. The lowest BCUT2D eigenvalue weighted by Crippen LogP contribution is -2.38. The Kier molecular flexibility index (Phi) is 11.6. The van der Waals surface area contributed by atoms with Crippen molar-refractivity contribution in [3.05, 3.63) is 53.2 Å². The van der Waals surface area contributed by atoms with Crippen LogP contribution in [0.25, 0.3) is 10.9 Å². The summed E-state index contributed by atoms with van der Waals surface area (Å²) in [6, 6.07) is 7.96. The van der Waals surface area contributed by atoms with Crippen molar-refractivity contribution in [2.75, 3.05) is 19.0 Å². The van der Waals surface area contributed by atoms with Gasteiger partial charge in [-0.25, -0.2) is 14.4 Å². The van der Waals surface area contributed by atoms with Crippen molar-refractivity contribution in [1.82, 2.24) is 20.5 Å². The zero-order chi connectivity index (χ0) is 32.6. The molecule has 0 aliphatic heterocycles. The molecule has 3 aromatic rings. The van der Waals surface area contributed by atoms with Gasteiger partial charge in [0.1, 0.15) is 23.3 Å². The van der Waals surface area contributed by atoms with Gasteiger partial charge >= 0.3 is 19.7 Å². The number of pyridine rings is 1. The van der Waals surface area contributed by atoms with Crippen LogP contribution in [-0.4, -0.2) is 53.8 Å². The molecule has 15 heteroatoms. The second kappa shape index (κ2) is 15.4. The average Bonchev–Trinajstić information content (AvgIpc) is 3.81. The van der Waals surface area contributed by atoms with Gasteiger partial charge in [0.05, 0.1) is 35.5 Å². The average molecular weight is 662 g/mol. The highest BCUT2D eigenvalue weighted by Crippen LogP contribution is 2.41. The highest BCUT2D eigenvalue weighted by Gasteiger charge is 2.32. The van der Waals surface area contributed by atoms with Gasteiger partial charge in [0.2, 0.25) is 0 Å². The first-order chi connectivity index (χ1) is 21.5. The number of benzene rings is 2. The smallest absolute Gasteiger partial charge is 0.369 e. The molecule has 1 aromatic heterocycles. The fourth-order valence-corrected chi connectivity index (χ4v) is 6.09. The Morgan fingerprint density at radius 3 is 2.56 bits per heavy atom. The number of fused-ring (bicyclic) bond motifs is 1. The molecule has 1 aliphatic carbocycles. The maximum atomic E-state index is 13.6. The van der Waals surface area contributed by atoms with Gasteiger partial charge in [-0.05, 0) is 50.5 Å². The Labute approximate surface area is 265 Å². The number of halogens is 1. The molecule has 1 fully saturated rings. The number of aliphatic carboxylic acids is 1. The number of nitrogens with zero attached hydrogens (tertiary/aromatic N) is 1. The molecule has 1 saturated carbocycles. The number of carbonyl (C=O) groups is 3. The van der Waals surface area contributed by atoms with Crippen LogP contribution in [0.2, 0.25) is 5.02 Å². The number of hydrogen-bond donors (Lipinski definition) is 5. The first-order valence-electron chi connectivity index (χ1n) is 14.6. The minimum absolute atomic E-state index is 0.0123. The van der Waals surface area contributed by atoms with Gasteiger partial charge in [0, 0.05) is 29.8 Å². The number of methoxy groups -OCH3 is 1. The van der Waals surface area contributed by atoms with E-state index in [1.165, 1.54) is 32.4 Å². The van der Waals surface area contributed by atoms with Crippen LogP contribution in [0.15, 0.2) is 42.6 Å². The van der Waals surface area contributed by atoms with Crippen LogP contribution >= 0.6 is 19.3 Å². The quantitative estimate of drug-likeness (QED) is 0.0844. The molecule has 0 radical (unpaired) electrons. The zero-order valence-corrected chi connectivity index (χ0v) is 26.9. The minimum Gasteiger partial charge on any atom is -0.496 e. The molecule has 13 nitrogen and oxygen atoms in total. The summed E-state index contributed by atoms with van der Waals surface area (Å²) in [7, 11) is -2.79. The largest absolute Gasteiger partial charge is 0.496 e. The number of carbonyl (C=O) groups excluding carboxylic acids is 2. The second-order valence-corrected chi connectivity index (χ2v) is 12.8. The maximum absolute atomic E-state index is 13.6. The molecule has 2 unspecified atom stereocenters. The van der Waals surface area contributed by atoms with E-state index in [2.05, 4.69) is 25.8 Å². The summed E-state index contributed by atoms with van der Waals surface area (Å²) in [6.45, 7) is 3.40. The van der Waals surface area contributed by atoms with Gasteiger partial charge in [-0.2, -0.15) is 0 Å². The Balaban J connectivity index is 1.57. The molecule has 242 valence electrons. The molecule has 1 aliphatic rings. The first kappa shape index (κ1) is 34.0. The predicted octanol–water partition coefficient (Wildman–Crippen LogP) is 6.47. The first-order valence-corrected chi connectivity index (χ1v) is 16.6. The van der Waals surface area contributed by atoms with Gasteiger partial charge in [0.15, 0.2) is 0 Å². The van der Waals surface area contributed by atoms with Crippen molar-refractivity contribution in [2.45, 2.75) is 64.5 Å². The van der Waals surface area contributed by atoms with Gasteiger partial charge in [-0.3, -0.25) is 19.7 Å². The van der Waals surface area contributed by atoms with E-state index >= 15 is 0 Å². The number of carboxylic acids is 1. The summed E-state index contributed by atoms with van der Waals surface area (Å²) in [5.74, 6) is -1.27. The Hall–Kier alpha value is -3.90. The Morgan fingerprint density at radius 2 is 1.89 bits per heavy atom. The van der Waals surface area contributed by atoms with E-state index in [4.69, 9.17) is 25.6 Å². The van der Waals surface area contributed by atoms with Gasteiger partial charge in [-0.15, -0.1) is 0 Å². The SMILES string of the molecule is CCCCCCOP(=O)(NC(=O)c1cc2c(Oc3ccc(NC(=O)NC4CC4)c(Cl)c3)ccnc2cc1OC)NC(C)C(=O)O. The molecule has 3 amide bonds. The van der Waals surface area contributed by atoms with Crippen molar-refractivity contribution in [3.63, 3.8) is 0 Å². The summed E-state index contributed by atoms with van der Waals surface area (Å²) in [4.78, 5) is 41.5. The van der Waals surface area contributed by atoms with Crippen LogP contribution in [-0.2, 0) is 13.9 Å². The lowest BCUT2D eigenvalue weighted by molar-refractivity contribution is -0.138. The molecule has 1 heterocycles. The molecule has 5 N–H and O–H groups in total. The number of anilines is 1. The third-order valence-electron chi connectivity index (χ3n) is 6.85. The summed E-state index contributed by atoms with van der Waals surface area (Å²) < 4.78 is 30.7. The van der Waals surface area contributed by atoms with Crippen LogP contribution in [0, 0.1) is 0 Å². The maximum Gasteiger partial charge on any atom is 0.369 e. The minimum atomic E-state index is -4.16. The third kappa shape index (κ3) is 9.54. The number of nitrogens with one attached hydrogen (secondary N) is 4. The fraction of sp³-hybridized carbons (Fsp3) is 0.400. The van der Waals surface area contributed by atoms with Crippen LogP contribution < -0.4 is 30.3 Å². The predicted molar refractivity (Wildman–Crippen MR) is 170 cm³/mol. The fourth-order valence-electron chi connectivity index (χ4n) is 4.27. The highest BCUT2D eigenvalue weighted by molar-refractivity contribution is 7.55. The lowest BCUT2D eigenvalue weighted by Gasteiger charge is -2.23. The molecule has 45 heavy (non-hydrogen) atoms. The van der Waals surface area contributed by atoms with Crippen LogP contribution in [0.5, 0.6) is 17.2 Å². The van der Waals surface area contributed by atoms with Crippen molar-refractivity contribution >= 4 is 53.8 Å². The number of urea groups is 1. The van der Waals surface area contributed by atoms with Gasteiger partial charge in [0.25, 0.3) is 5.91 Å². The van der Waals surface area contributed by atoms with Crippen molar-refractivity contribution in [1.29, 1.82) is 0 Å². The number of rotatable bonds is 16. The van der Waals surface area contributed by atoms with Crippen molar-refractivity contribution in [2.24, 2.45) is 0 Å². The summed E-state index contributed by atoms with van der Waals surface area (Å²) in [6.07, 6.45) is 6.78. The van der Waals surface area contributed by atoms with E-state index in [0.717, 1.165) is 32.1 Å². The summed E-state index contributed by atoms with van der Waals surface area (Å²) in [5, 5.41) is 20.4.